The Balaban J connectivity index is 2.39. The SMILES string of the molecule is CCS(=O)(=O)C[C@H]1CCCCN1. The van der Waals surface area contributed by atoms with Crippen LogP contribution in [0.4, 0.5) is 0 Å². The van der Waals surface area contributed by atoms with Crippen molar-refractivity contribution < 1.29 is 8.42 Å². The van der Waals surface area contributed by atoms with Crippen LogP contribution in [-0.4, -0.2) is 32.5 Å². The van der Waals surface area contributed by atoms with Gasteiger partial charge in [-0.05, 0) is 19.4 Å². The minimum atomic E-state index is -2.78. The zero-order valence-corrected chi connectivity index (χ0v) is 8.36. The first-order valence-electron chi connectivity index (χ1n) is 4.58. The quantitative estimate of drug-likeness (QED) is 0.709. The molecule has 12 heavy (non-hydrogen) atoms. The van der Waals surface area contributed by atoms with Crippen molar-refractivity contribution >= 4 is 9.84 Å². The second kappa shape index (κ2) is 4.23. The number of nitrogens with one attached hydrogen (secondary N) is 1. The lowest BCUT2D eigenvalue weighted by Crippen LogP contribution is -2.39. The van der Waals surface area contributed by atoms with Crippen molar-refractivity contribution in [3.05, 3.63) is 0 Å². The highest BCUT2D eigenvalue weighted by Gasteiger charge is 2.18. The number of hydrogen-bond acceptors (Lipinski definition) is 3. The van der Waals surface area contributed by atoms with E-state index in [1.807, 2.05) is 0 Å². The Morgan fingerprint density at radius 2 is 2.17 bits per heavy atom. The normalized spacial score (nSPS) is 25.6. The van der Waals surface area contributed by atoms with Crippen LogP contribution in [-0.2, 0) is 9.84 Å². The van der Waals surface area contributed by atoms with Crippen LogP contribution in [0.5, 0.6) is 0 Å². The molecule has 0 aromatic rings. The van der Waals surface area contributed by atoms with Crippen LogP contribution in [0, 0.1) is 0 Å². The topological polar surface area (TPSA) is 46.2 Å². The Morgan fingerprint density at radius 3 is 2.67 bits per heavy atom. The van der Waals surface area contributed by atoms with E-state index in [0.29, 0.717) is 5.75 Å². The van der Waals surface area contributed by atoms with Crippen molar-refractivity contribution in [1.82, 2.24) is 5.32 Å². The predicted molar refractivity (Wildman–Crippen MR) is 50.0 cm³/mol. The van der Waals surface area contributed by atoms with Crippen molar-refractivity contribution in [2.45, 2.75) is 32.2 Å². The number of piperidine rings is 1. The van der Waals surface area contributed by atoms with Gasteiger partial charge in [-0.2, -0.15) is 0 Å². The summed E-state index contributed by atoms with van der Waals surface area (Å²) in [4.78, 5) is 0. The summed E-state index contributed by atoms with van der Waals surface area (Å²) in [5.74, 6) is 0.592. The van der Waals surface area contributed by atoms with E-state index in [4.69, 9.17) is 0 Å². The van der Waals surface area contributed by atoms with Crippen molar-refractivity contribution in [2.75, 3.05) is 18.1 Å². The van der Waals surface area contributed by atoms with Gasteiger partial charge in [0.1, 0.15) is 0 Å². The molecule has 0 saturated carbocycles. The zero-order chi connectivity index (χ0) is 9.03. The molecule has 1 rings (SSSR count). The lowest BCUT2D eigenvalue weighted by Gasteiger charge is -2.22. The lowest BCUT2D eigenvalue weighted by molar-refractivity contribution is 0.423. The molecule has 1 atom stereocenters. The standard InChI is InChI=1S/C8H17NO2S/c1-2-12(10,11)7-8-5-3-4-6-9-8/h8-9H,2-7H2,1H3/t8-/m1/s1. The maximum atomic E-state index is 11.2. The second-order valence-corrected chi connectivity index (χ2v) is 5.74. The van der Waals surface area contributed by atoms with Gasteiger partial charge in [0.25, 0.3) is 0 Å². The highest BCUT2D eigenvalue weighted by molar-refractivity contribution is 7.91. The Labute approximate surface area is 74.5 Å². The minimum Gasteiger partial charge on any atom is -0.313 e. The molecule has 0 amide bonds. The average molecular weight is 191 g/mol. The smallest absolute Gasteiger partial charge is 0.151 e. The highest BCUT2D eigenvalue weighted by atomic mass is 32.2. The molecule has 1 heterocycles. The Bertz CT molecular complexity index is 217. The van der Waals surface area contributed by atoms with E-state index in [9.17, 15) is 8.42 Å². The van der Waals surface area contributed by atoms with E-state index in [-0.39, 0.29) is 11.8 Å². The van der Waals surface area contributed by atoms with Crippen LogP contribution in [0.1, 0.15) is 26.2 Å². The maximum absolute atomic E-state index is 11.2. The highest BCUT2D eigenvalue weighted by Crippen LogP contribution is 2.09. The first-order valence-corrected chi connectivity index (χ1v) is 6.40. The predicted octanol–water partition coefficient (Wildman–Crippen LogP) is 0.563. The van der Waals surface area contributed by atoms with Crippen LogP contribution in [0.25, 0.3) is 0 Å². The fourth-order valence-electron chi connectivity index (χ4n) is 1.49. The van der Waals surface area contributed by atoms with Crippen molar-refractivity contribution in [3.63, 3.8) is 0 Å². The van der Waals surface area contributed by atoms with E-state index >= 15 is 0 Å². The molecule has 1 aliphatic rings. The summed E-state index contributed by atoms with van der Waals surface area (Å²) in [5.41, 5.74) is 0. The van der Waals surface area contributed by atoms with Gasteiger partial charge in [0.15, 0.2) is 9.84 Å². The van der Waals surface area contributed by atoms with E-state index in [0.717, 1.165) is 19.4 Å². The molecule has 0 radical (unpaired) electrons. The van der Waals surface area contributed by atoms with Gasteiger partial charge in [0.05, 0.1) is 5.75 Å². The van der Waals surface area contributed by atoms with Gasteiger partial charge in [0.2, 0.25) is 0 Å². The van der Waals surface area contributed by atoms with Gasteiger partial charge in [-0.1, -0.05) is 13.3 Å². The zero-order valence-electron chi connectivity index (χ0n) is 7.54. The number of rotatable bonds is 3. The molecule has 0 spiro atoms. The van der Waals surface area contributed by atoms with Gasteiger partial charge < -0.3 is 5.32 Å². The molecule has 72 valence electrons. The molecule has 0 aromatic carbocycles. The molecule has 1 aliphatic heterocycles. The van der Waals surface area contributed by atoms with Crippen molar-refractivity contribution in [3.8, 4) is 0 Å². The molecule has 1 fully saturated rings. The first-order chi connectivity index (χ1) is 5.64. The maximum Gasteiger partial charge on any atom is 0.151 e. The molecule has 0 aromatic heterocycles. The van der Waals surface area contributed by atoms with Gasteiger partial charge in [0, 0.05) is 11.8 Å². The van der Waals surface area contributed by atoms with Crippen LogP contribution in [0.3, 0.4) is 0 Å². The fraction of sp³-hybridized carbons (Fsp3) is 1.00. The van der Waals surface area contributed by atoms with Gasteiger partial charge >= 0.3 is 0 Å². The molecule has 0 unspecified atom stereocenters. The molecule has 1 saturated heterocycles. The van der Waals surface area contributed by atoms with E-state index < -0.39 is 9.84 Å². The van der Waals surface area contributed by atoms with E-state index in [1.165, 1.54) is 6.42 Å². The van der Waals surface area contributed by atoms with E-state index in [2.05, 4.69) is 5.32 Å². The molecule has 3 nitrogen and oxygen atoms in total. The summed E-state index contributed by atoms with van der Waals surface area (Å²) in [6.45, 7) is 2.68. The Hall–Kier alpha value is -0.0900. The summed E-state index contributed by atoms with van der Waals surface area (Å²) in [5, 5.41) is 3.23. The molecule has 1 N–H and O–H groups in total. The Kier molecular flexibility index (Phi) is 3.53. The largest absolute Gasteiger partial charge is 0.313 e. The van der Waals surface area contributed by atoms with Crippen LogP contribution >= 0.6 is 0 Å². The summed E-state index contributed by atoms with van der Waals surface area (Å²) < 4.78 is 22.5. The van der Waals surface area contributed by atoms with E-state index in [1.54, 1.807) is 6.92 Å². The minimum absolute atomic E-state index is 0.212. The van der Waals surface area contributed by atoms with Crippen molar-refractivity contribution in [2.24, 2.45) is 0 Å². The van der Waals surface area contributed by atoms with Crippen molar-refractivity contribution in [1.29, 1.82) is 0 Å². The summed E-state index contributed by atoms with van der Waals surface area (Å²) in [7, 11) is -2.78. The average Bonchev–Trinajstić information content (AvgIpc) is 2.06. The molecule has 4 heteroatoms. The number of sulfone groups is 1. The summed E-state index contributed by atoms with van der Waals surface area (Å²) >= 11 is 0. The fourth-order valence-corrected chi connectivity index (χ4v) is 2.62. The molecular formula is C8H17NO2S. The third-order valence-electron chi connectivity index (χ3n) is 2.31. The van der Waals surface area contributed by atoms with Crippen LogP contribution in [0.15, 0.2) is 0 Å². The third-order valence-corrected chi connectivity index (χ3v) is 4.10. The Morgan fingerprint density at radius 1 is 1.42 bits per heavy atom. The van der Waals surface area contributed by atoms with Crippen LogP contribution < -0.4 is 5.32 Å². The van der Waals surface area contributed by atoms with Gasteiger partial charge in [-0.25, -0.2) is 8.42 Å². The monoisotopic (exact) mass is 191 g/mol. The third kappa shape index (κ3) is 3.11. The molecule has 0 bridgehead atoms. The van der Waals surface area contributed by atoms with Crippen LogP contribution in [0.2, 0.25) is 0 Å². The molecular weight excluding hydrogens is 174 g/mol. The van der Waals surface area contributed by atoms with Gasteiger partial charge in [-0.15, -0.1) is 0 Å². The molecule has 0 aliphatic carbocycles. The number of hydrogen-bond donors (Lipinski definition) is 1. The second-order valence-electron chi connectivity index (χ2n) is 3.35. The lowest BCUT2D eigenvalue weighted by atomic mass is 10.1. The summed E-state index contributed by atoms with van der Waals surface area (Å²) in [6, 6.07) is 0.212. The first kappa shape index (κ1) is 9.99. The summed E-state index contributed by atoms with van der Waals surface area (Å²) in [6.07, 6.45) is 3.36. The van der Waals surface area contributed by atoms with Gasteiger partial charge in [-0.3, -0.25) is 0 Å².